The highest BCUT2D eigenvalue weighted by molar-refractivity contribution is 7.80. The SMILES string of the molecule is CC(CC(N)=S)OCC1CCCCO1. The predicted molar refractivity (Wildman–Crippen MR) is 60.4 cm³/mol. The van der Waals surface area contributed by atoms with Gasteiger partial charge in [0.15, 0.2) is 0 Å². The Kier molecular flexibility index (Phi) is 5.37. The van der Waals surface area contributed by atoms with Gasteiger partial charge in [0, 0.05) is 13.0 Å². The van der Waals surface area contributed by atoms with Gasteiger partial charge in [-0.2, -0.15) is 0 Å². The Balaban J connectivity index is 2.09. The van der Waals surface area contributed by atoms with E-state index in [9.17, 15) is 0 Å². The molecule has 1 rings (SSSR count). The number of ether oxygens (including phenoxy) is 2. The molecule has 2 atom stereocenters. The van der Waals surface area contributed by atoms with E-state index in [1.807, 2.05) is 6.92 Å². The maximum absolute atomic E-state index is 5.60. The fourth-order valence-corrected chi connectivity index (χ4v) is 1.79. The van der Waals surface area contributed by atoms with Crippen molar-refractivity contribution in [3.8, 4) is 0 Å². The van der Waals surface area contributed by atoms with Crippen LogP contribution in [0, 0.1) is 0 Å². The minimum absolute atomic E-state index is 0.109. The fraction of sp³-hybridized carbons (Fsp3) is 0.900. The maximum Gasteiger partial charge on any atom is 0.0808 e. The van der Waals surface area contributed by atoms with E-state index < -0.39 is 0 Å². The van der Waals surface area contributed by atoms with Gasteiger partial charge in [-0.3, -0.25) is 0 Å². The van der Waals surface area contributed by atoms with Gasteiger partial charge in [0.05, 0.1) is 23.8 Å². The lowest BCUT2D eigenvalue weighted by atomic mass is 10.1. The first-order chi connectivity index (χ1) is 6.68. The van der Waals surface area contributed by atoms with Gasteiger partial charge < -0.3 is 15.2 Å². The fourth-order valence-electron chi connectivity index (χ4n) is 1.55. The summed E-state index contributed by atoms with van der Waals surface area (Å²) in [5.41, 5.74) is 5.42. The van der Waals surface area contributed by atoms with Crippen LogP contribution in [0.2, 0.25) is 0 Å². The first-order valence-corrected chi connectivity index (χ1v) is 5.61. The van der Waals surface area contributed by atoms with E-state index in [0.717, 1.165) is 13.0 Å². The van der Waals surface area contributed by atoms with Crippen molar-refractivity contribution in [3.05, 3.63) is 0 Å². The lowest BCUT2D eigenvalue weighted by Crippen LogP contribution is -2.28. The topological polar surface area (TPSA) is 44.5 Å². The van der Waals surface area contributed by atoms with Crippen LogP contribution in [0.5, 0.6) is 0 Å². The van der Waals surface area contributed by atoms with Gasteiger partial charge in [-0.15, -0.1) is 0 Å². The van der Waals surface area contributed by atoms with Crippen molar-refractivity contribution >= 4 is 17.2 Å². The molecule has 0 aromatic heterocycles. The number of hydrogen-bond donors (Lipinski definition) is 1. The molecule has 0 aromatic rings. The summed E-state index contributed by atoms with van der Waals surface area (Å²) >= 11 is 4.81. The van der Waals surface area contributed by atoms with Crippen LogP contribution in [0.3, 0.4) is 0 Å². The normalized spacial score (nSPS) is 24.5. The lowest BCUT2D eigenvalue weighted by Gasteiger charge is -2.24. The highest BCUT2D eigenvalue weighted by Crippen LogP contribution is 2.13. The van der Waals surface area contributed by atoms with Crippen LogP contribution >= 0.6 is 12.2 Å². The molecule has 2 N–H and O–H groups in total. The molecule has 1 heterocycles. The first-order valence-electron chi connectivity index (χ1n) is 5.20. The number of hydrogen-bond acceptors (Lipinski definition) is 3. The zero-order valence-electron chi connectivity index (χ0n) is 8.70. The molecule has 0 spiro atoms. The zero-order valence-corrected chi connectivity index (χ0v) is 9.52. The summed E-state index contributed by atoms with van der Waals surface area (Å²) in [5.74, 6) is 0. The molecular formula is C10H19NO2S. The molecule has 0 bridgehead atoms. The second-order valence-corrected chi connectivity index (χ2v) is 4.33. The standard InChI is InChI=1S/C10H19NO2S/c1-8(6-10(11)14)13-7-9-4-2-3-5-12-9/h8-9H,2-7H2,1H3,(H2,11,14). The molecular weight excluding hydrogens is 198 g/mol. The summed E-state index contributed by atoms with van der Waals surface area (Å²) in [6.45, 7) is 3.53. The van der Waals surface area contributed by atoms with Crippen LogP contribution in [0.4, 0.5) is 0 Å². The first kappa shape index (κ1) is 11.9. The van der Waals surface area contributed by atoms with E-state index in [1.165, 1.54) is 12.8 Å². The van der Waals surface area contributed by atoms with Crippen LogP contribution in [0.1, 0.15) is 32.6 Å². The molecule has 82 valence electrons. The Labute approximate surface area is 90.9 Å². The summed E-state index contributed by atoms with van der Waals surface area (Å²) in [4.78, 5) is 0.516. The molecule has 1 aliphatic rings. The second kappa shape index (κ2) is 6.32. The van der Waals surface area contributed by atoms with Crippen LogP contribution in [-0.4, -0.2) is 30.4 Å². The Bertz CT molecular complexity index is 181. The summed E-state index contributed by atoms with van der Waals surface area (Å²) in [5, 5.41) is 0. The van der Waals surface area contributed by atoms with Gasteiger partial charge in [0.1, 0.15) is 0 Å². The van der Waals surface area contributed by atoms with Crippen molar-refractivity contribution in [2.24, 2.45) is 5.73 Å². The number of thiocarbonyl (C=S) groups is 1. The third-order valence-corrected chi connectivity index (χ3v) is 2.50. The molecule has 2 unspecified atom stereocenters. The van der Waals surface area contributed by atoms with E-state index >= 15 is 0 Å². The molecule has 4 heteroatoms. The van der Waals surface area contributed by atoms with Gasteiger partial charge in [-0.05, 0) is 26.2 Å². The van der Waals surface area contributed by atoms with Gasteiger partial charge in [-0.1, -0.05) is 12.2 Å². The van der Waals surface area contributed by atoms with Crippen molar-refractivity contribution < 1.29 is 9.47 Å². The monoisotopic (exact) mass is 217 g/mol. The number of rotatable bonds is 5. The van der Waals surface area contributed by atoms with Crippen LogP contribution in [0.25, 0.3) is 0 Å². The molecule has 14 heavy (non-hydrogen) atoms. The van der Waals surface area contributed by atoms with Crippen molar-refractivity contribution in [2.45, 2.75) is 44.8 Å². The van der Waals surface area contributed by atoms with E-state index in [0.29, 0.717) is 18.0 Å². The third-order valence-electron chi connectivity index (χ3n) is 2.33. The highest BCUT2D eigenvalue weighted by Gasteiger charge is 2.15. The highest BCUT2D eigenvalue weighted by atomic mass is 32.1. The van der Waals surface area contributed by atoms with E-state index in [1.54, 1.807) is 0 Å². The molecule has 1 fully saturated rings. The third kappa shape index (κ3) is 4.88. The van der Waals surface area contributed by atoms with Crippen molar-refractivity contribution in [2.75, 3.05) is 13.2 Å². The van der Waals surface area contributed by atoms with E-state index in [-0.39, 0.29) is 12.2 Å². The molecule has 0 saturated carbocycles. The lowest BCUT2D eigenvalue weighted by molar-refractivity contribution is -0.0573. The average molecular weight is 217 g/mol. The summed E-state index contributed by atoms with van der Waals surface area (Å²) in [6.07, 6.45) is 4.58. The Morgan fingerprint density at radius 2 is 2.43 bits per heavy atom. The van der Waals surface area contributed by atoms with E-state index in [4.69, 9.17) is 27.4 Å². The quantitative estimate of drug-likeness (QED) is 0.711. The second-order valence-electron chi connectivity index (χ2n) is 3.80. The summed E-state index contributed by atoms with van der Waals surface area (Å²) in [6, 6.07) is 0. The van der Waals surface area contributed by atoms with E-state index in [2.05, 4.69) is 0 Å². The zero-order chi connectivity index (χ0) is 10.4. The summed E-state index contributed by atoms with van der Waals surface area (Å²) < 4.78 is 11.1. The minimum Gasteiger partial charge on any atom is -0.393 e. The molecule has 0 amide bonds. The van der Waals surface area contributed by atoms with Gasteiger partial charge in [0.2, 0.25) is 0 Å². The molecule has 1 aliphatic heterocycles. The van der Waals surface area contributed by atoms with Gasteiger partial charge in [-0.25, -0.2) is 0 Å². The smallest absolute Gasteiger partial charge is 0.0808 e. The van der Waals surface area contributed by atoms with Crippen molar-refractivity contribution in [1.82, 2.24) is 0 Å². The largest absolute Gasteiger partial charge is 0.393 e. The summed E-state index contributed by atoms with van der Waals surface area (Å²) in [7, 11) is 0. The van der Waals surface area contributed by atoms with Crippen LogP contribution in [0.15, 0.2) is 0 Å². The van der Waals surface area contributed by atoms with Crippen molar-refractivity contribution in [3.63, 3.8) is 0 Å². The Morgan fingerprint density at radius 3 is 3.00 bits per heavy atom. The molecule has 0 radical (unpaired) electrons. The molecule has 3 nitrogen and oxygen atoms in total. The molecule has 1 saturated heterocycles. The number of nitrogens with two attached hydrogens (primary N) is 1. The maximum atomic E-state index is 5.60. The Morgan fingerprint density at radius 1 is 1.64 bits per heavy atom. The minimum atomic E-state index is 0.109. The van der Waals surface area contributed by atoms with Gasteiger partial charge in [0.25, 0.3) is 0 Å². The average Bonchev–Trinajstić information content (AvgIpc) is 2.15. The van der Waals surface area contributed by atoms with Crippen molar-refractivity contribution in [1.29, 1.82) is 0 Å². The van der Waals surface area contributed by atoms with Crippen LogP contribution < -0.4 is 5.73 Å². The van der Waals surface area contributed by atoms with Crippen LogP contribution in [-0.2, 0) is 9.47 Å². The molecule has 0 aliphatic carbocycles. The Hall–Kier alpha value is -0.190. The predicted octanol–water partition coefficient (Wildman–Crippen LogP) is 1.64. The molecule has 0 aromatic carbocycles. The van der Waals surface area contributed by atoms with Gasteiger partial charge >= 0.3 is 0 Å².